The first-order valence-corrected chi connectivity index (χ1v) is 8.50. The fourth-order valence-electron chi connectivity index (χ4n) is 2.76. The quantitative estimate of drug-likeness (QED) is 0.667. The molecule has 0 aliphatic carbocycles. The fraction of sp³-hybridized carbons (Fsp3) is 0.190. The number of methoxy groups -OCH3 is 1. The first kappa shape index (κ1) is 17.3. The molecule has 1 atom stereocenters. The Labute approximate surface area is 152 Å². The summed E-state index contributed by atoms with van der Waals surface area (Å²) >= 11 is 6.03. The van der Waals surface area contributed by atoms with E-state index in [4.69, 9.17) is 16.3 Å². The predicted octanol–water partition coefficient (Wildman–Crippen LogP) is 5.55. The number of amides is 1. The molecule has 0 aliphatic heterocycles. The molecule has 3 aromatic rings. The van der Waals surface area contributed by atoms with E-state index in [0.29, 0.717) is 5.02 Å². The number of anilines is 1. The van der Waals surface area contributed by atoms with Gasteiger partial charge in [-0.2, -0.15) is 0 Å². The highest BCUT2D eigenvalue weighted by Gasteiger charge is 2.16. The van der Waals surface area contributed by atoms with Crippen molar-refractivity contribution in [2.75, 3.05) is 12.4 Å². The number of benzene rings is 3. The largest absolute Gasteiger partial charge is 0.497 e. The van der Waals surface area contributed by atoms with Crippen LogP contribution in [0.15, 0.2) is 54.6 Å². The molecule has 128 valence electrons. The van der Waals surface area contributed by atoms with E-state index in [9.17, 15) is 4.79 Å². The molecule has 0 bridgehead atoms. The lowest BCUT2D eigenvalue weighted by atomic mass is 9.96. The van der Waals surface area contributed by atoms with E-state index >= 15 is 0 Å². The number of halogens is 1. The lowest BCUT2D eigenvalue weighted by Crippen LogP contribution is -2.19. The number of ether oxygens (including phenoxy) is 1. The van der Waals surface area contributed by atoms with Crippen LogP contribution in [0.2, 0.25) is 5.02 Å². The van der Waals surface area contributed by atoms with Crippen LogP contribution in [-0.2, 0) is 4.79 Å². The van der Waals surface area contributed by atoms with Gasteiger partial charge in [0, 0.05) is 10.7 Å². The zero-order valence-corrected chi connectivity index (χ0v) is 15.2. The Kier molecular flexibility index (Phi) is 4.95. The van der Waals surface area contributed by atoms with E-state index in [1.54, 1.807) is 13.2 Å². The molecule has 0 spiro atoms. The minimum Gasteiger partial charge on any atom is -0.497 e. The maximum absolute atomic E-state index is 12.6. The standard InChI is InChI=1S/C21H20ClNO2/c1-13-4-8-18(22)12-20(13)23-21(24)14(2)15-5-6-17-11-19(25-3)9-7-16(17)10-15/h4-12,14H,1-3H3,(H,23,24)/t14-/m0/s1. The molecule has 3 rings (SSSR count). The van der Waals surface area contributed by atoms with Gasteiger partial charge in [0.1, 0.15) is 5.75 Å². The van der Waals surface area contributed by atoms with Crippen LogP contribution in [0.1, 0.15) is 24.0 Å². The minimum absolute atomic E-state index is 0.0572. The van der Waals surface area contributed by atoms with E-state index < -0.39 is 0 Å². The molecular formula is C21H20ClNO2. The number of aryl methyl sites for hydroxylation is 1. The zero-order valence-electron chi connectivity index (χ0n) is 14.5. The molecule has 1 amide bonds. The lowest BCUT2D eigenvalue weighted by molar-refractivity contribution is -0.117. The number of fused-ring (bicyclic) bond motifs is 1. The average Bonchev–Trinajstić information content (AvgIpc) is 2.63. The van der Waals surface area contributed by atoms with Crippen LogP contribution in [0.3, 0.4) is 0 Å². The van der Waals surface area contributed by atoms with Gasteiger partial charge in [0.05, 0.1) is 13.0 Å². The zero-order chi connectivity index (χ0) is 18.0. The number of hydrogen-bond acceptors (Lipinski definition) is 2. The summed E-state index contributed by atoms with van der Waals surface area (Å²) in [6.07, 6.45) is 0. The molecule has 0 aliphatic rings. The molecule has 3 nitrogen and oxygen atoms in total. The normalized spacial score (nSPS) is 12.0. The monoisotopic (exact) mass is 353 g/mol. The van der Waals surface area contributed by atoms with Crippen molar-refractivity contribution < 1.29 is 9.53 Å². The summed E-state index contributed by atoms with van der Waals surface area (Å²) in [6.45, 7) is 3.85. The topological polar surface area (TPSA) is 38.3 Å². The Bertz CT molecular complexity index is 936. The van der Waals surface area contributed by atoms with Crippen molar-refractivity contribution in [2.45, 2.75) is 19.8 Å². The van der Waals surface area contributed by atoms with Crippen LogP contribution in [-0.4, -0.2) is 13.0 Å². The Morgan fingerprint density at radius 3 is 2.52 bits per heavy atom. The number of carbonyl (C=O) groups excluding carboxylic acids is 1. The van der Waals surface area contributed by atoms with Gasteiger partial charge in [0.2, 0.25) is 5.91 Å². The van der Waals surface area contributed by atoms with E-state index in [2.05, 4.69) is 5.32 Å². The maximum Gasteiger partial charge on any atom is 0.231 e. The van der Waals surface area contributed by atoms with Gasteiger partial charge < -0.3 is 10.1 Å². The van der Waals surface area contributed by atoms with Crippen molar-refractivity contribution in [1.82, 2.24) is 0 Å². The summed E-state index contributed by atoms with van der Waals surface area (Å²) < 4.78 is 5.25. The lowest BCUT2D eigenvalue weighted by Gasteiger charge is -2.15. The van der Waals surface area contributed by atoms with Crippen molar-refractivity contribution in [3.8, 4) is 5.75 Å². The second kappa shape index (κ2) is 7.16. The molecule has 4 heteroatoms. The third-order valence-corrected chi connectivity index (χ3v) is 4.66. The van der Waals surface area contributed by atoms with Crippen LogP contribution < -0.4 is 10.1 Å². The Hall–Kier alpha value is -2.52. The van der Waals surface area contributed by atoms with Gasteiger partial charge in [-0.15, -0.1) is 0 Å². The van der Waals surface area contributed by atoms with Gasteiger partial charge in [-0.1, -0.05) is 41.9 Å². The Morgan fingerprint density at radius 2 is 1.76 bits per heavy atom. The molecule has 1 N–H and O–H groups in total. The minimum atomic E-state index is -0.273. The van der Waals surface area contributed by atoms with Crippen LogP contribution in [0.25, 0.3) is 10.8 Å². The fourth-order valence-corrected chi connectivity index (χ4v) is 2.93. The number of rotatable bonds is 4. The molecule has 0 saturated heterocycles. The van der Waals surface area contributed by atoms with Crippen LogP contribution in [0, 0.1) is 6.92 Å². The van der Waals surface area contributed by atoms with Gasteiger partial charge in [0.15, 0.2) is 0 Å². The second-order valence-corrected chi connectivity index (χ2v) is 6.58. The van der Waals surface area contributed by atoms with Crippen LogP contribution in [0.5, 0.6) is 5.75 Å². The summed E-state index contributed by atoms with van der Waals surface area (Å²) in [5.41, 5.74) is 2.69. The number of carbonyl (C=O) groups is 1. The smallest absolute Gasteiger partial charge is 0.231 e. The molecular weight excluding hydrogens is 334 g/mol. The molecule has 3 aromatic carbocycles. The average molecular weight is 354 g/mol. The molecule has 0 fully saturated rings. The highest BCUT2D eigenvalue weighted by Crippen LogP contribution is 2.27. The molecule has 0 saturated carbocycles. The van der Waals surface area contributed by atoms with Crippen molar-refractivity contribution in [2.24, 2.45) is 0 Å². The third kappa shape index (κ3) is 3.77. The highest BCUT2D eigenvalue weighted by molar-refractivity contribution is 6.31. The van der Waals surface area contributed by atoms with Crippen molar-refractivity contribution in [1.29, 1.82) is 0 Å². The van der Waals surface area contributed by atoms with E-state index in [1.165, 1.54) is 0 Å². The number of hydrogen-bond donors (Lipinski definition) is 1. The summed E-state index contributed by atoms with van der Waals surface area (Å²) in [7, 11) is 1.65. The van der Waals surface area contributed by atoms with Crippen LogP contribution >= 0.6 is 11.6 Å². The summed E-state index contributed by atoms with van der Waals surface area (Å²) in [5, 5.41) is 5.74. The van der Waals surface area contributed by atoms with Crippen molar-refractivity contribution >= 4 is 34.0 Å². The van der Waals surface area contributed by atoms with E-state index in [0.717, 1.165) is 33.3 Å². The molecule has 25 heavy (non-hydrogen) atoms. The predicted molar refractivity (Wildman–Crippen MR) is 104 cm³/mol. The highest BCUT2D eigenvalue weighted by atomic mass is 35.5. The van der Waals surface area contributed by atoms with Gasteiger partial charge in [0.25, 0.3) is 0 Å². The van der Waals surface area contributed by atoms with Gasteiger partial charge in [-0.25, -0.2) is 0 Å². The summed E-state index contributed by atoms with van der Waals surface area (Å²) in [5.74, 6) is 0.491. The third-order valence-electron chi connectivity index (χ3n) is 4.42. The first-order chi connectivity index (χ1) is 12.0. The molecule has 0 unspecified atom stereocenters. The first-order valence-electron chi connectivity index (χ1n) is 8.12. The van der Waals surface area contributed by atoms with E-state index in [1.807, 2.05) is 62.4 Å². The SMILES string of the molecule is COc1ccc2cc([C@H](C)C(=O)Nc3cc(Cl)ccc3C)ccc2c1. The van der Waals surface area contributed by atoms with Gasteiger partial charge in [-0.05, 0) is 60.0 Å². The second-order valence-electron chi connectivity index (χ2n) is 6.14. The summed E-state index contributed by atoms with van der Waals surface area (Å²) in [6, 6.07) is 17.4. The van der Waals surface area contributed by atoms with Crippen molar-refractivity contribution in [3.05, 3.63) is 70.7 Å². The van der Waals surface area contributed by atoms with Gasteiger partial charge in [-0.3, -0.25) is 4.79 Å². The molecule has 0 heterocycles. The maximum atomic E-state index is 12.6. The molecule has 0 aromatic heterocycles. The Morgan fingerprint density at radius 1 is 1.04 bits per heavy atom. The Balaban J connectivity index is 1.84. The molecule has 0 radical (unpaired) electrons. The summed E-state index contributed by atoms with van der Waals surface area (Å²) in [4.78, 5) is 12.6. The van der Waals surface area contributed by atoms with Crippen molar-refractivity contribution in [3.63, 3.8) is 0 Å². The van der Waals surface area contributed by atoms with E-state index in [-0.39, 0.29) is 11.8 Å². The number of nitrogens with one attached hydrogen (secondary N) is 1. The van der Waals surface area contributed by atoms with Gasteiger partial charge >= 0.3 is 0 Å². The van der Waals surface area contributed by atoms with Crippen LogP contribution in [0.4, 0.5) is 5.69 Å².